The van der Waals surface area contributed by atoms with E-state index in [9.17, 15) is 9.59 Å². The van der Waals surface area contributed by atoms with Crippen LogP contribution >= 0.6 is 0 Å². The van der Waals surface area contributed by atoms with Crippen LogP contribution in [0.25, 0.3) is 0 Å². The summed E-state index contributed by atoms with van der Waals surface area (Å²) in [5.74, 6) is -0.0890. The molecule has 0 aliphatic rings. The van der Waals surface area contributed by atoms with Gasteiger partial charge < -0.3 is 16.0 Å². The van der Waals surface area contributed by atoms with Crippen molar-refractivity contribution in [2.45, 2.75) is 33.1 Å². The minimum absolute atomic E-state index is 0.0294. The lowest BCUT2D eigenvalue weighted by Crippen LogP contribution is -2.30. The van der Waals surface area contributed by atoms with Gasteiger partial charge in [0, 0.05) is 24.3 Å². The highest BCUT2D eigenvalue weighted by Crippen LogP contribution is 2.09. The first-order valence-corrected chi connectivity index (χ1v) is 7.56. The number of rotatable bonds is 9. The van der Waals surface area contributed by atoms with Crippen molar-refractivity contribution in [2.75, 3.05) is 25.0 Å². The number of hydrogen-bond acceptors (Lipinski definition) is 3. The van der Waals surface area contributed by atoms with Gasteiger partial charge in [-0.15, -0.1) is 0 Å². The summed E-state index contributed by atoms with van der Waals surface area (Å²) in [5.41, 5.74) is 1.46. The second-order valence-electron chi connectivity index (χ2n) is 4.89. The Labute approximate surface area is 126 Å². The maximum atomic E-state index is 11.8. The minimum atomic E-state index is -0.0595. The van der Waals surface area contributed by atoms with Crippen LogP contribution < -0.4 is 16.0 Å². The van der Waals surface area contributed by atoms with Crippen LogP contribution in [-0.2, 0) is 4.79 Å². The average Bonchev–Trinajstić information content (AvgIpc) is 2.51. The summed E-state index contributed by atoms with van der Waals surface area (Å²) in [6.45, 7) is 5.73. The molecule has 0 unspecified atom stereocenters. The Morgan fingerprint density at radius 3 is 2.29 bits per heavy atom. The second kappa shape index (κ2) is 9.80. The van der Waals surface area contributed by atoms with Crippen molar-refractivity contribution < 1.29 is 9.59 Å². The van der Waals surface area contributed by atoms with E-state index < -0.39 is 0 Å². The lowest BCUT2D eigenvalue weighted by atomic mass is 10.2. The Balaban J connectivity index is 2.39. The van der Waals surface area contributed by atoms with E-state index in [1.807, 2.05) is 19.1 Å². The van der Waals surface area contributed by atoms with Crippen LogP contribution in [0.5, 0.6) is 0 Å². The summed E-state index contributed by atoms with van der Waals surface area (Å²) >= 11 is 0. The molecule has 0 aromatic heterocycles. The number of benzene rings is 1. The molecule has 1 rings (SSSR count). The van der Waals surface area contributed by atoms with E-state index in [4.69, 9.17) is 0 Å². The molecule has 0 saturated carbocycles. The Morgan fingerprint density at radius 1 is 0.952 bits per heavy atom. The molecule has 21 heavy (non-hydrogen) atoms. The van der Waals surface area contributed by atoms with E-state index in [-0.39, 0.29) is 18.4 Å². The third kappa shape index (κ3) is 6.79. The first-order chi connectivity index (χ1) is 10.2. The molecule has 0 aliphatic heterocycles. The van der Waals surface area contributed by atoms with E-state index in [2.05, 4.69) is 22.9 Å². The lowest BCUT2D eigenvalue weighted by Gasteiger charge is -2.08. The molecule has 0 aliphatic carbocycles. The molecule has 0 atom stereocenters. The molecule has 0 spiro atoms. The average molecular weight is 291 g/mol. The van der Waals surface area contributed by atoms with Crippen LogP contribution in [-0.4, -0.2) is 31.4 Å². The fourth-order valence-corrected chi connectivity index (χ4v) is 1.73. The van der Waals surface area contributed by atoms with Crippen molar-refractivity contribution in [1.82, 2.24) is 10.6 Å². The van der Waals surface area contributed by atoms with Crippen LogP contribution in [0.2, 0.25) is 0 Å². The highest BCUT2D eigenvalue weighted by Gasteiger charge is 2.05. The number of carbonyl (C=O) groups is 2. The van der Waals surface area contributed by atoms with Gasteiger partial charge in [-0.3, -0.25) is 9.59 Å². The number of amides is 2. The molecule has 0 bridgehead atoms. The molecule has 0 saturated heterocycles. The van der Waals surface area contributed by atoms with Crippen molar-refractivity contribution in [3.05, 3.63) is 29.8 Å². The maximum absolute atomic E-state index is 11.8. The van der Waals surface area contributed by atoms with Crippen molar-refractivity contribution in [2.24, 2.45) is 0 Å². The summed E-state index contributed by atoms with van der Waals surface area (Å²) in [6, 6.07) is 7.13. The summed E-state index contributed by atoms with van der Waals surface area (Å²) in [6.07, 6.45) is 2.97. The zero-order valence-electron chi connectivity index (χ0n) is 12.9. The zero-order chi connectivity index (χ0) is 15.5. The maximum Gasteiger partial charge on any atom is 0.251 e. The summed E-state index contributed by atoms with van der Waals surface area (Å²) in [5, 5.41) is 8.69. The molecule has 0 heterocycles. The number of carbonyl (C=O) groups excluding carboxylic acids is 2. The Morgan fingerprint density at radius 2 is 1.67 bits per heavy atom. The Kier molecular flexibility index (Phi) is 7.94. The fourth-order valence-electron chi connectivity index (χ4n) is 1.73. The first-order valence-electron chi connectivity index (χ1n) is 7.56. The van der Waals surface area contributed by atoms with Gasteiger partial charge in [0.1, 0.15) is 0 Å². The molecule has 0 fully saturated rings. The summed E-state index contributed by atoms with van der Waals surface area (Å²) in [7, 11) is 0. The summed E-state index contributed by atoms with van der Waals surface area (Å²) in [4.78, 5) is 23.3. The van der Waals surface area contributed by atoms with Crippen molar-refractivity contribution in [1.29, 1.82) is 0 Å². The van der Waals surface area contributed by atoms with Crippen LogP contribution in [0.1, 0.15) is 43.5 Å². The first kappa shape index (κ1) is 17.0. The normalized spacial score (nSPS) is 10.0. The quantitative estimate of drug-likeness (QED) is 0.611. The Bertz CT molecular complexity index is 443. The number of nitrogens with one attached hydrogen (secondary N) is 3. The van der Waals surface area contributed by atoms with Gasteiger partial charge in [-0.2, -0.15) is 0 Å². The second-order valence-corrected chi connectivity index (χ2v) is 4.89. The molecule has 1 aromatic rings. The molecule has 0 radical (unpaired) electrons. The third-order valence-corrected chi connectivity index (χ3v) is 2.99. The van der Waals surface area contributed by atoms with Crippen LogP contribution in [0.15, 0.2) is 24.3 Å². The molecule has 5 nitrogen and oxygen atoms in total. The molecule has 1 aromatic carbocycles. The van der Waals surface area contributed by atoms with Crippen molar-refractivity contribution in [3.63, 3.8) is 0 Å². The lowest BCUT2D eigenvalue weighted by molar-refractivity contribution is -0.119. The van der Waals surface area contributed by atoms with Crippen LogP contribution in [0, 0.1) is 0 Å². The van der Waals surface area contributed by atoms with Crippen molar-refractivity contribution in [3.8, 4) is 0 Å². The molecular formula is C16H25N3O2. The van der Waals surface area contributed by atoms with Gasteiger partial charge in [0.05, 0.1) is 6.54 Å². The van der Waals surface area contributed by atoms with Gasteiger partial charge in [-0.25, -0.2) is 0 Å². The van der Waals surface area contributed by atoms with Crippen molar-refractivity contribution >= 4 is 17.5 Å². The van der Waals surface area contributed by atoms with Crippen LogP contribution in [0.4, 0.5) is 5.69 Å². The topological polar surface area (TPSA) is 70.2 Å². The largest absolute Gasteiger partial charge is 0.376 e. The van der Waals surface area contributed by atoms with Gasteiger partial charge >= 0.3 is 0 Å². The van der Waals surface area contributed by atoms with Gasteiger partial charge in [-0.05, 0) is 37.1 Å². The highest BCUT2D eigenvalue weighted by molar-refractivity contribution is 5.94. The number of anilines is 1. The number of hydrogen-bond donors (Lipinski definition) is 3. The number of unbranched alkanes of at least 4 members (excludes halogenated alkanes) is 1. The van der Waals surface area contributed by atoms with Crippen LogP contribution in [0.3, 0.4) is 0 Å². The molecule has 3 N–H and O–H groups in total. The molecular weight excluding hydrogens is 266 g/mol. The van der Waals surface area contributed by atoms with Gasteiger partial charge in [0.25, 0.3) is 5.91 Å². The zero-order valence-corrected chi connectivity index (χ0v) is 12.9. The van der Waals surface area contributed by atoms with E-state index in [0.29, 0.717) is 18.7 Å². The van der Waals surface area contributed by atoms with Gasteiger partial charge in [-0.1, -0.05) is 20.3 Å². The van der Waals surface area contributed by atoms with E-state index >= 15 is 0 Å². The third-order valence-electron chi connectivity index (χ3n) is 2.99. The van der Waals surface area contributed by atoms with Gasteiger partial charge in [0.2, 0.25) is 5.91 Å². The minimum Gasteiger partial charge on any atom is -0.376 e. The highest BCUT2D eigenvalue weighted by atomic mass is 16.2. The molecule has 116 valence electrons. The standard InChI is InChI=1S/C16H25N3O2/c1-3-5-11-18-16(21)13-6-8-14(9-7-13)19-12-15(20)17-10-4-2/h6-9,19H,3-5,10-12H2,1-2H3,(H,17,20)(H,18,21). The fraction of sp³-hybridized carbons (Fsp3) is 0.500. The van der Waals surface area contributed by atoms with E-state index in [0.717, 1.165) is 24.9 Å². The predicted octanol–water partition coefficient (Wildman–Crippen LogP) is 2.15. The Hall–Kier alpha value is -2.04. The predicted molar refractivity (Wildman–Crippen MR) is 85.5 cm³/mol. The summed E-state index contributed by atoms with van der Waals surface area (Å²) < 4.78 is 0. The SMILES string of the molecule is CCCCNC(=O)c1ccc(NCC(=O)NCCC)cc1. The van der Waals surface area contributed by atoms with Gasteiger partial charge in [0.15, 0.2) is 0 Å². The molecule has 2 amide bonds. The van der Waals surface area contributed by atoms with E-state index in [1.165, 1.54) is 0 Å². The smallest absolute Gasteiger partial charge is 0.251 e. The molecule has 5 heteroatoms. The van der Waals surface area contributed by atoms with E-state index in [1.54, 1.807) is 12.1 Å². The monoisotopic (exact) mass is 291 g/mol.